The van der Waals surface area contributed by atoms with E-state index in [9.17, 15) is 14.7 Å². The topological polar surface area (TPSA) is 140 Å². The number of fused-ring (bicyclic) bond motifs is 3. The van der Waals surface area contributed by atoms with Gasteiger partial charge in [0.2, 0.25) is 5.91 Å². The molecule has 1 saturated heterocycles. The average molecular weight is 494 g/mol. The van der Waals surface area contributed by atoms with Crippen LogP contribution in [0.2, 0.25) is 0 Å². The van der Waals surface area contributed by atoms with Gasteiger partial charge in [0.1, 0.15) is 17.8 Å². The number of nitrogens with one attached hydrogen (secondary N) is 2. The van der Waals surface area contributed by atoms with Crippen LogP contribution in [0.1, 0.15) is 48.4 Å². The third-order valence-electron chi connectivity index (χ3n) is 6.70. The first-order chi connectivity index (χ1) is 17.3. The van der Waals surface area contributed by atoms with Crippen molar-refractivity contribution in [2.45, 2.75) is 51.8 Å². The summed E-state index contributed by atoms with van der Waals surface area (Å²) < 4.78 is 0. The van der Waals surface area contributed by atoms with E-state index in [1.165, 1.54) is 28.5 Å². The lowest BCUT2D eigenvalue weighted by Crippen LogP contribution is -2.41. The van der Waals surface area contributed by atoms with Crippen molar-refractivity contribution in [1.29, 1.82) is 0 Å². The number of nitrogens with two attached hydrogens (primary N) is 1. The van der Waals surface area contributed by atoms with Gasteiger partial charge < -0.3 is 26.0 Å². The Bertz CT molecular complexity index is 1200. The van der Waals surface area contributed by atoms with Crippen LogP contribution in [0.15, 0.2) is 36.7 Å². The van der Waals surface area contributed by atoms with E-state index >= 15 is 0 Å². The fourth-order valence-electron chi connectivity index (χ4n) is 4.90. The van der Waals surface area contributed by atoms with Gasteiger partial charge >= 0.3 is 0 Å². The molecule has 4 heterocycles. The summed E-state index contributed by atoms with van der Waals surface area (Å²) in [6.07, 6.45) is 3.85. The molecule has 2 aliphatic rings. The summed E-state index contributed by atoms with van der Waals surface area (Å²) in [5.41, 5.74) is 9.37. The predicted octanol–water partition coefficient (Wildman–Crippen LogP) is 1.91. The van der Waals surface area contributed by atoms with Crippen molar-refractivity contribution < 1.29 is 14.7 Å². The Hall–Kier alpha value is -3.50. The number of nitrogens with zero attached hydrogens (tertiary/aromatic N) is 4. The molecule has 2 aliphatic heterocycles. The SMILES string of the molecule is CC(=O)N1CCC(Nc2cc(C(N)=O)ncn2)CC1.CC(O)CN1CCc2c([nH]c3ccccc23)C1. The first kappa shape index (κ1) is 25.6. The van der Waals surface area contributed by atoms with E-state index in [0.717, 1.165) is 52.0 Å². The summed E-state index contributed by atoms with van der Waals surface area (Å²) in [4.78, 5) is 37.7. The van der Waals surface area contributed by atoms with Crippen LogP contribution in [-0.2, 0) is 17.8 Å². The lowest BCUT2D eigenvalue weighted by molar-refractivity contribution is -0.129. The fourth-order valence-corrected chi connectivity index (χ4v) is 4.90. The van der Waals surface area contributed by atoms with E-state index in [1.54, 1.807) is 13.0 Å². The molecular formula is C26H35N7O3. The number of hydrogen-bond donors (Lipinski definition) is 4. The molecule has 5 N–H and O–H groups in total. The van der Waals surface area contributed by atoms with E-state index in [0.29, 0.717) is 5.82 Å². The molecule has 36 heavy (non-hydrogen) atoms. The lowest BCUT2D eigenvalue weighted by atomic mass is 10.0. The second kappa shape index (κ2) is 11.5. The molecule has 0 spiro atoms. The Morgan fingerprint density at radius 1 is 1.22 bits per heavy atom. The maximum absolute atomic E-state index is 11.2. The van der Waals surface area contributed by atoms with Crippen LogP contribution in [0.4, 0.5) is 5.82 Å². The van der Waals surface area contributed by atoms with Crippen molar-refractivity contribution in [1.82, 2.24) is 24.8 Å². The number of piperidine rings is 1. The molecule has 1 aromatic carbocycles. The molecular weight excluding hydrogens is 458 g/mol. The first-order valence-electron chi connectivity index (χ1n) is 12.4. The molecule has 0 radical (unpaired) electrons. The molecule has 1 fully saturated rings. The van der Waals surface area contributed by atoms with Gasteiger partial charge in [-0.3, -0.25) is 14.5 Å². The number of para-hydroxylation sites is 1. The molecule has 0 aliphatic carbocycles. The molecule has 0 bridgehead atoms. The smallest absolute Gasteiger partial charge is 0.267 e. The van der Waals surface area contributed by atoms with Crippen molar-refractivity contribution in [3.8, 4) is 0 Å². The number of amides is 2. The minimum Gasteiger partial charge on any atom is -0.392 e. The molecule has 10 nitrogen and oxygen atoms in total. The van der Waals surface area contributed by atoms with Crippen LogP contribution in [0.25, 0.3) is 10.9 Å². The zero-order valence-electron chi connectivity index (χ0n) is 20.9. The number of rotatable bonds is 5. The van der Waals surface area contributed by atoms with Gasteiger partial charge in [-0.05, 0) is 37.8 Å². The minimum atomic E-state index is -0.572. The van der Waals surface area contributed by atoms with Crippen molar-refractivity contribution >= 4 is 28.5 Å². The largest absolute Gasteiger partial charge is 0.392 e. The first-order valence-corrected chi connectivity index (χ1v) is 12.4. The number of β-amino-alcohol motifs (C(OH)–C–C–N with tert-alkyl or cyclic N) is 1. The number of aliphatic hydroxyl groups excluding tert-OH is 1. The van der Waals surface area contributed by atoms with E-state index in [2.05, 4.69) is 49.4 Å². The number of primary amides is 1. The maximum atomic E-state index is 11.2. The Morgan fingerprint density at radius 2 is 1.97 bits per heavy atom. The van der Waals surface area contributed by atoms with E-state index < -0.39 is 5.91 Å². The third-order valence-corrected chi connectivity index (χ3v) is 6.70. The van der Waals surface area contributed by atoms with Gasteiger partial charge in [-0.1, -0.05) is 18.2 Å². The quantitative estimate of drug-likeness (QED) is 0.425. The van der Waals surface area contributed by atoms with Crippen molar-refractivity contribution in [2.24, 2.45) is 5.73 Å². The van der Waals surface area contributed by atoms with E-state index in [1.807, 2.05) is 11.8 Å². The van der Waals surface area contributed by atoms with Crippen molar-refractivity contribution in [2.75, 3.05) is 31.5 Å². The Morgan fingerprint density at radius 3 is 2.67 bits per heavy atom. The van der Waals surface area contributed by atoms with Gasteiger partial charge in [0.05, 0.1) is 6.10 Å². The Labute approximate surface area is 210 Å². The molecule has 0 saturated carbocycles. The van der Waals surface area contributed by atoms with Gasteiger partial charge in [0, 0.05) is 68.4 Å². The van der Waals surface area contributed by atoms with Crippen LogP contribution in [0.3, 0.4) is 0 Å². The number of aliphatic hydroxyl groups is 1. The van der Waals surface area contributed by atoms with E-state index in [4.69, 9.17) is 5.73 Å². The second-order valence-electron chi connectivity index (χ2n) is 9.54. The molecule has 1 atom stereocenters. The van der Waals surface area contributed by atoms with Crippen molar-refractivity contribution in [3.05, 3.63) is 53.6 Å². The van der Waals surface area contributed by atoms with Gasteiger partial charge in [-0.25, -0.2) is 9.97 Å². The highest BCUT2D eigenvalue weighted by Gasteiger charge is 2.22. The van der Waals surface area contributed by atoms with Gasteiger partial charge in [0.25, 0.3) is 5.91 Å². The zero-order chi connectivity index (χ0) is 25.7. The molecule has 3 aromatic rings. The summed E-state index contributed by atoms with van der Waals surface area (Å²) in [5.74, 6) is 0.124. The molecule has 10 heteroatoms. The van der Waals surface area contributed by atoms with Crippen LogP contribution >= 0.6 is 0 Å². The van der Waals surface area contributed by atoms with Crippen LogP contribution < -0.4 is 11.1 Å². The monoisotopic (exact) mass is 493 g/mol. The lowest BCUT2D eigenvalue weighted by Gasteiger charge is -2.31. The Kier molecular flexibility index (Phi) is 8.17. The molecule has 1 unspecified atom stereocenters. The van der Waals surface area contributed by atoms with Gasteiger partial charge in [-0.2, -0.15) is 0 Å². The number of carbonyl (C=O) groups excluding carboxylic acids is 2. The highest BCUT2D eigenvalue weighted by molar-refractivity contribution is 5.91. The zero-order valence-corrected chi connectivity index (χ0v) is 20.9. The number of aromatic nitrogens is 3. The summed E-state index contributed by atoms with van der Waals surface area (Å²) in [7, 11) is 0. The minimum absolute atomic E-state index is 0.108. The molecule has 2 amide bonds. The van der Waals surface area contributed by atoms with Crippen LogP contribution in [0.5, 0.6) is 0 Å². The van der Waals surface area contributed by atoms with Gasteiger partial charge in [0.15, 0.2) is 0 Å². The molecule has 192 valence electrons. The molecule has 2 aromatic heterocycles. The number of benzene rings is 1. The fraction of sp³-hybridized carbons (Fsp3) is 0.462. The average Bonchev–Trinajstić information content (AvgIpc) is 3.22. The number of likely N-dealkylation sites (tertiary alicyclic amines) is 1. The highest BCUT2D eigenvalue weighted by atomic mass is 16.3. The number of carbonyl (C=O) groups is 2. The van der Waals surface area contributed by atoms with Crippen molar-refractivity contribution in [3.63, 3.8) is 0 Å². The summed E-state index contributed by atoms with van der Waals surface area (Å²) >= 11 is 0. The molecule has 5 rings (SSSR count). The summed E-state index contributed by atoms with van der Waals surface area (Å²) in [5, 5.41) is 14.0. The van der Waals surface area contributed by atoms with E-state index in [-0.39, 0.29) is 23.7 Å². The summed E-state index contributed by atoms with van der Waals surface area (Å²) in [6.45, 7) is 7.63. The highest BCUT2D eigenvalue weighted by Crippen LogP contribution is 2.27. The number of aromatic amines is 1. The standard InChI is InChI=1S/C14H18N2O.C12H17N5O2/c1-10(17)8-16-7-6-12-11-4-2-3-5-13(11)15-14(12)9-16;1-8(18)17-4-2-9(3-5-17)16-11-6-10(12(13)19)14-7-15-11/h2-5,10,15,17H,6-9H2,1H3;6-7,9H,2-5H2,1H3,(H2,13,19)(H,14,15,16). The number of hydrogen-bond acceptors (Lipinski definition) is 7. The number of anilines is 1. The maximum Gasteiger partial charge on any atom is 0.267 e. The number of H-pyrrole nitrogens is 1. The second-order valence-corrected chi connectivity index (χ2v) is 9.54. The predicted molar refractivity (Wildman–Crippen MR) is 138 cm³/mol. The Balaban J connectivity index is 0.000000170. The van der Waals surface area contributed by atoms with Gasteiger partial charge in [-0.15, -0.1) is 0 Å². The van der Waals surface area contributed by atoms with Crippen LogP contribution in [-0.4, -0.2) is 80.0 Å². The third kappa shape index (κ3) is 6.38. The normalized spacial score (nSPS) is 17.1. The summed E-state index contributed by atoms with van der Waals surface area (Å²) in [6, 6.07) is 10.3. The van der Waals surface area contributed by atoms with Crippen LogP contribution in [0, 0.1) is 0 Å².